The predicted molar refractivity (Wildman–Crippen MR) is 130 cm³/mol. The van der Waals surface area contributed by atoms with Crippen molar-refractivity contribution in [2.24, 2.45) is 5.11 Å². The van der Waals surface area contributed by atoms with Crippen LogP contribution in [0.4, 0.5) is 28.9 Å². The molecule has 0 aliphatic carbocycles. The van der Waals surface area contributed by atoms with E-state index >= 15 is 0 Å². The van der Waals surface area contributed by atoms with E-state index in [9.17, 15) is 17.6 Å². The number of hydrogen-bond acceptors (Lipinski definition) is 7. The molecule has 1 saturated heterocycles. The standard InChI is InChI=1S/C25H25F4N7/c1-34-7-9-36(10-8-34)20-11-19(14-31-15-20)22(33-30)16-35(2)23-12-17(3-4-21(23)26)18-5-6-32-24(13-18)25(27,28)29/h3-6,11-16,30H,7-10H2,1-2H3/b22-16-,33-30?. The molecule has 0 saturated carbocycles. The van der Waals surface area contributed by atoms with Gasteiger partial charge in [-0.2, -0.15) is 18.3 Å². The summed E-state index contributed by atoms with van der Waals surface area (Å²) in [5.74, 6) is -0.573. The van der Waals surface area contributed by atoms with E-state index in [4.69, 9.17) is 5.53 Å². The molecule has 3 heterocycles. The second-order valence-electron chi connectivity index (χ2n) is 8.55. The molecule has 11 heteroatoms. The molecule has 1 aliphatic heterocycles. The van der Waals surface area contributed by atoms with E-state index in [1.807, 2.05) is 6.07 Å². The van der Waals surface area contributed by atoms with E-state index in [0.29, 0.717) is 11.1 Å². The molecule has 1 aliphatic rings. The highest BCUT2D eigenvalue weighted by molar-refractivity contribution is 5.73. The zero-order chi connectivity index (χ0) is 25.9. The monoisotopic (exact) mass is 499 g/mol. The molecule has 3 aromatic rings. The van der Waals surface area contributed by atoms with Gasteiger partial charge in [-0.15, -0.1) is 0 Å². The van der Waals surface area contributed by atoms with Crippen LogP contribution in [0.3, 0.4) is 0 Å². The van der Waals surface area contributed by atoms with Crippen LogP contribution in [-0.4, -0.2) is 55.1 Å². The summed E-state index contributed by atoms with van der Waals surface area (Å²) in [6, 6.07) is 8.29. The molecular weight excluding hydrogens is 474 g/mol. The third-order valence-corrected chi connectivity index (χ3v) is 6.03. The first-order valence-corrected chi connectivity index (χ1v) is 11.2. The van der Waals surface area contributed by atoms with Crippen LogP contribution in [0.25, 0.3) is 16.8 Å². The average molecular weight is 500 g/mol. The number of likely N-dealkylation sites (N-methyl/N-ethyl adjacent to an activating group) is 1. The Morgan fingerprint density at radius 2 is 1.78 bits per heavy atom. The summed E-state index contributed by atoms with van der Waals surface area (Å²) < 4.78 is 54.0. The number of halogens is 4. The molecule has 0 spiro atoms. The molecular formula is C25H25F4N7. The van der Waals surface area contributed by atoms with Gasteiger partial charge in [-0.25, -0.2) is 9.92 Å². The Morgan fingerprint density at radius 1 is 1.06 bits per heavy atom. The molecule has 188 valence electrons. The summed E-state index contributed by atoms with van der Waals surface area (Å²) in [4.78, 5) is 13.6. The fourth-order valence-corrected chi connectivity index (χ4v) is 3.95. The second kappa shape index (κ2) is 10.4. The number of nitrogens with zero attached hydrogens (tertiary/aromatic N) is 6. The summed E-state index contributed by atoms with van der Waals surface area (Å²) in [5.41, 5.74) is 9.17. The van der Waals surface area contributed by atoms with Crippen LogP contribution >= 0.6 is 0 Å². The molecule has 4 rings (SSSR count). The molecule has 0 unspecified atom stereocenters. The molecule has 0 amide bonds. The fraction of sp³-hybridized carbons (Fsp3) is 0.280. The summed E-state index contributed by atoms with van der Waals surface area (Å²) in [5, 5.41) is 3.62. The number of pyridine rings is 2. The van der Waals surface area contributed by atoms with E-state index in [1.54, 1.807) is 19.4 Å². The minimum absolute atomic E-state index is 0.113. The summed E-state index contributed by atoms with van der Waals surface area (Å²) in [6.45, 7) is 3.55. The lowest BCUT2D eigenvalue weighted by Crippen LogP contribution is -2.44. The van der Waals surface area contributed by atoms with Crippen LogP contribution in [0.2, 0.25) is 0 Å². The van der Waals surface area contributed by atoms with Crippen LogP contribution in [0, 0.1) is 11.3 Å². The summed E-state index contributed by atoms with van der Waals surface area (Å²) in [6.07, 6.45) is 1.32. The largest absolute Gasteiger partial charge is 0.433 e. The Bertz CT molecular complexity index is 1270. The number of rotatable bonds is 6. The van der Waals surface area contributed by atoms with Crippen molar-refractivity contribution in [3.63, 3.8) is 0 Å². The molecule has 1 aromatic carbocycles. The molecule has 7 nitrogen and oxygen atoms in total. The highest BCUT2D eigenvalue weighted by atomic mass is 19.4. The first kappa shape index (κ1) is 25.2. The van der Waals surface area contributed by atoms with Crippen molar-refractivity contribution in [2.45, 2.75) is 6.18 Å². The molecule has 1 fully saturated rings. The smallest absolute Gasteiger partial charge is 0.368 e. The van der Waals surface area contributed by atoms with Gasteiger partial charge in [0.2, 0.25) is 0 Å². The van der Waals surface area contributed by atoms with Gasteiger partial charge in [-0.05, 0) is 48.5 Å². The minimum atomic E-state index is -4.59. The van der Waals surface area contributed by atoms with Crippen molar-refractivity contribution in [2.75, 3.05) is 50.1 Å². The van der Waals surface area contributed by atoms with E-state index in [1.165, 1.54) is 35.4 Å². The number of benzene rings is 1. The maximum Gasteiger partial charge on any atom is 0.433 e. The summed E-state index contributed by atoms with van der Waals surface area (Å²) in [7, 11) is 3.65. The van der Waals surface area contributed by atoms with Gasteiger partial charge in [0, 0.05) is 57.4 Å². The first-order chi connectivity index (χ1) is 17.2. The minimum Gasteiger partial charge on any atom is -0.368 e. The van der Waals surface area contributed by atoms with Gasteiger partial charge in [0.05, 0.1) is 17.6 Å². The number of alkyl halides is 3. The number of anilines is 2. The second-order valence-corrected chi connectivity index (χ2v) is 8.55. The third kappa shape index (κ3) is 5.68. The van der Waals surface area contributed by atoms with Crippen molar-refractivity contribution < 1.29 is 17.6 Å². The first-order valence-electron chi connectivity index (χ1n) is 11.2. The molecule has 2 aromatic heterocycles. The SMILES string of the molecule is CN1CCN(c2cncc(/C(=C/N(C)c3cc(-c4ccnc(C(F)(F)F)c4)ccc3F)N=N)c2)CC1. The Labute approximate surface area is 206 Å². The third-order valence-electron chi connectivity index (χ3n) is 6.03. The van der Waals surface area contributed by atoms with Crippen LogP contribution < -0.4 is 9.80 Å². The van der Waals surface area contributed by atoms with Gasteiger partial charge in [0.25, 0.3) is 0 Å². The predicted octanol–water partition coefficient (Wildman–Crippen LogP) is 5.52. The number of hydrogen-bond donors (Lipinski definition) is 1. The normalized spacial score (nSPS) is 15.2. The van der Waals surface area contributed by atoms with E-state index in [0.717, 1.165) is 44.1 Å². The average Bonchev–Trinajstić information content (AvgIpc) is 2.87. The van der Waals surface area contributed by atoms with Crippen molar-refractivity contribution >= 4 is 17.1 Å². The molecule has 0 radical (unpaired) electrons. The van der Waals surface area contributed by atoms with Gasteiger partial charge in [0.1, 0.15) is 17.2 Å². The van der Waals surface area contributed by atoms with E-state index in [2.05, 4.69) is 31.9 Å². The van der Waals surface area contributed by atoms with Crippen LogP contribution in [0.15, 0.2) is 66.3 Å². The highest BCUT2D eigenvalue weighted by Crippen LogP contribution is 2.33. The van der Waals surface area contributed by atoms with Gasteiger partial charge in [-0.1, -0.05) is 6.07 Å². The highest BCUT2D eigenvalue weighted by Gasteiger charge is 2.32. The van der Waals surface area contributed by atoms with Gasteiger partial charge >= 0.3 is 6.18 Å². The zero-order valence-electron chi connectivity index (χ0n) is 19.8. The lowest BCUT2D eigenvalue weighted by atomic mass is 10.0. The topological polar surface area (TPSA) is 71.7 Å². The van der Waals surface area contributed by atoms with E-state index < -0.39 is 17.7 Å². The van der Waals surface area contributed by atoms with Crippen molar-refractivity contribution in [3.8, 4) is 11.1 Å². The quantitative estimate of drug-likeness (QED) is 0.357. The number of aromatic nitrogens is 2. The fourth-order valence-electron chi connectivity index (χ4n) is 3.95. The Morgan fingerprint density at radius 3 is 2.47 bits per heavy atom. The van der Waals surface area contributed by atoms with Crippen molar-refractivity contribution in [1.82, 2.24) is 14.9 Å². The zero-order valence-corrected chi connectivity index (χ0v) is 19.8. The summed E-state index contributed by atoms with van der Waals surface area (Å²) >= 11 is 0. The molecule has 0 atom stereocenters. The molecule has 0 bridgehead atoms. The lowest BCUT2D eigenvalue weighted by Gasteiger charge is -2.34. The maximum absolute atomic E-state index is 14.7. The van der Waals surface area contributed by atoms with E-state index in [-0.39, 0.29) is 16.9 Å². The van der Waals surface area contributed by atoms with Gasteiger partial charge in [0.15, 0.2) is 0 Å². The Kier molecular flexibility index (Phi) is 7.30. The van der Waals surface area contributed by atoms with Crippen molar-refractivity contribution in [3.05, 3.63) is 78.3 Å². The lowest BCUT2D eigenvalue weighted by molar-refractivity contribution is -0.141. The molecule has 36 heavy (non-hydrogen) atoms. The maximum atomic E-state index is 14.7. The number of nitrogens with one attached hydrogen (secondary N) is 1. The van der Waals surface area contributed by atoms with Crippen LogP contribution in [0.1, 0.15) is 11.3 Å². The van der Waals surface area contributed by atoms with Crippen molar-refractivity contribution in [1.29, 1.82) is 5.53 Å². The van der Waals surface area contributed by atoms with Gasteiger partial charge in [-0.3, -0.25) is 9.97 Å². The Hall–Kier alpha value is -3.86. The van der Waals surface area contributed by atoms with Crippen LogP contribution in [-0.2, 0) is 6.18 Å². The van der Waals surface area contributed by atoms with Gasteiger partial charge < -0.3 is 14.7 Å². The van der Waals surface area contributed by atoms with Crippen LogP contribution in [0.5, 0.6) is 0 Å². The molecule has 1 N–H and O–H groups in total. The Balaban J connectivity index is 1.63. The number of piperazine rings is 1.